The van der Waals surface area contributed by atoms with Gasteiger partial charge in [0.2, 0.25) is 18.5 Å². The number of hydrogen-bond acceptors (Lipinski definition) is 8. The first-order valence-corrected chi connectivity index (χ1v) is 15.0. The van der Waals surface area contributed by atoms with Crippen LogP contribution in [0.5, 0.6) is 0 Å². The van der Waals surface area contributed by atoms with Crippen LogP contribution in [0.1, 0.15) is 53.0 Å². The molecule has 0 aliphatic carbocycles. The molecule has 3 aromatic rings. The fraction of sp³-hybridized carbons (Fsp3) is 0.400. The molecule has 45 heavy (non-hydrogen) atoms. The zero-order valence-electron chi connectivity index (χ0n) is 26.6. The number of esters is 2. The Morgan fingerprint density at radius 1 is 0.978 bits per heavy atom. The predicted molar refractivity (Wildman–Crippen MR) is 171 cm³/mol. The number of anilines is 1. The summed E-state index contributed by atoms with van der Waals surface area (Å²) in [6.07, 6.45) is 1.000. The number of nitrogens with zero attached hydrogens (tertiary/aromatic N) is 3. The number of fused-ring (bicyclic) bond motifs is 1. The van der Waals surface area contributed by atoms with Crippen LogP contribution in [-0.2, 0) is 39.9 Å². The number of hydrogen-bond donors (Lipinski definition) is 0. The van der Waals surface area contributed by atoms with E-state index in [1.807, 2.05) is 86.6 Å². The first-order chi connectivity index (χ1) is 21.4. The summed E-state index contributed by atoms with van der Waals surface area (Å²) < 4.78 is 10.5. The third-order valence-corrected chi connectivity index (χ3v) is 7.70. The molecule has 1 heterocycles. The van der Waals surface area contributed by atoms with Gasteiger partial charge in [0, 0.05) is 12.1 Å². The van der Waals surface area contributed by atoms with E-state index in [1.165, 1.54) is 12.0 Å². The van der Waals surface area contributed by atoms with Gasteiger partial charge in [-0.1, -0.05) is 79.7 Å². The molecule has 0 fully saturated rings. The normalized spacial score (nSPS) is 17.5. The van der Waals surface area contributed by atoms with E-state index >= 15 is 0 Å². The maximum atomic E-state index is 13.2. The molecule has 4 rings (SSSR count). The monoisotopic (exact) mass is 615 g/mol. The minimum atomic E-state index is -1.51. The SMILES string of the molecule is COC(=O)[C@H](CC(=O)OC(C)(C)C)N(C=O)C1(Cc2ccccc2)CC([C@H](C(C)C)N(C=O)c2ccc3ccccc3c2)=NO1. The Hall–Kier alpha value is -4.73. The standard InChI is InChI=1S/C35H41N3O7/c1-24(2)32(37(22-39)28-17-16-26-14-10-11-15-27(26)18-28)29-21-35(45-36-29,20-25-12-8-7-9-13-25)38(23-40)30(33(42)43-6)19-31(41)44-34(3,4)5/h7-18,22-24,30,32H,19-21H2,1-6H3/t30-,32-,35?/m0/s1. The van der Waals surface area contributed by atoms with Crippen molar-refractivity contribution in [2.45, 2.75) is 77.3 Å². The quantitative estimate of drug-likeness (QED) is 0.190. The van der Waals surface area contributed by atoms with E-state index in [0.29, 0.717) is 17.8 Å². The Balaban J connectivity index is 1.75. The van der Waals surface area contributed by atoms with Crippen LogP contribution in [0.15, 0.2) is 78.0 Å². The second-order valence-electron chi connectivity index (χ2n) is 12.5. The first kappa shape index (κ1) is 33.2. The second-order valence-corrected chi connectivity index (χ2v) is 12.5. The smallest absolute Gasteiger partial charge is 0.329 e. The molecule has 10 heteroatoms. The Labute approximate surface area is 263 Å². The maximum Gasteiger partial charge on any atom is 0.329 e. The van der Waals surface area contributed by atoms with E-state index in [2.05, 4.69) is 5.16 Å². The van der Waals surface area contributed by atoms with Gasteiger partial charge in [0.1, 0.15) is 11.6 Å². The summed E-state index contributed by atoms with van der Waals surface area (Å²) in [5.74, 6) is -1.59. The molecule has 0 radical (unpaired) electrons. The summed E-state index contributed by atoms with van der Waals surface area (Å²) >= 11 is 0. The highest BCUT2D eigenvalue weighted by molar-refractivity contribution is 6.00. The van der Waals surface area contributed by atoms with Crippen LogP contribution >= 0.6 is 0 Å². The van der Waals surface area contributed by atoms with E-state index < -0.39 is 41.8 Å². The number of carbonyl (C=O) groups is 4. The fourth-order valence-corrected chi connectivity index (χ4v) is 5.81. The highest BCUT2D eigenvalue weighted by Crippen LogP contribution is 2.37. The summed E-state index contributed by atoms with van der Waals surface area (Å²) in [5.41, 5.74) is -0.324. The van der Waals surface area contributed by atoms with Crippen molar-refractivity contribution >= 4 is 46.9 Å². The number of ether oxygens (including phenoxy) is 2. The Bertz CT molecular complexity index is 1550. The van der Waals surface area contributed by atoms with E-state index in [-0.39, 0.29) is 18.8 Å². The van der Waals surface area contributed by atoms with Crippen LogP contribution in [0.3, 0.4) is 0 Å². The summed E-state index contributed by atoms with van der Waals surface area (Å²) in [4.78, 5) is 60.7. The maximum absolute atomic E-state index is 13.2. The van der Waals surface area contributed by atoms with Crippen molar-refractivity contribution in [1.82, 2.24) is 4.90 Å². The molecule has 2 amide bonds. The molecule has 238 valence electrons. The summed E-state index contributed by atoms with van der Waals surface area (Å²) in [6, 6.07) is 21.1. The van der Waals surface area contributed by atoms with Gasteiger partial charge in [-0.15, -0.1) is 0 Å². The number of oxime groups is 1. The summed E-state index contributed by atoms with van der Waals surface area (Å²) in [7, 11) is 1.19. The van der Waals surface area contributed by atoms with Crippen LogP contribution in [0.2, 0.25) is 0 Å². The van der Waals surface area contributed by atoms with Gasteiger partial charge in [-0.25, -0.2) is 4.79 Å². The van der Waals surface area contributed by atoms with Crippen LogP contribution < -0.4 is 4.90 Å². The van der Waals surface area contributed by atoms with Gasteiger partial charge < -0.3 is 19.2 Å². The van der Waals surface area contributed by atoms with Gasteiger partial charge in [0.15, 0.2) is 0 Å². The van der Waals surface area contributed by atoms with Gasteiger partial charge in [-0.3, -0.25) is 19.3 Å². The number of benzene rings is 3. The van der Waals surface area contributed by atoms with Gasteiger partial charge in [-0.05, 0) is 55.2 Å². The molecular weight excluding hydrogens is 574 g/mol. The molecule has 0 aromatic heterocycles. The Morgan fingerprint density at radius 2 is 1.64 bits per heavy atom. The number of methoxy groups -OCH3 is 1. The molecule has 3 aromatic carbocycles. The Morgan fingerprint density at radius 3 is 2.24 bits per heavy atom. The average molecular weight is 616 g/mol. The minimum Gasteiger partial charge on any atom is -0.467 e. The molecular formula is C35H41N3O7. The number of rotatable bonds is 13. The van der Waals surface area contributed by atoms with Crippen molar-refractivity contribution < 1.29 is 33.5 Å². The highest BCUT2D eigenvalue weighted by Gasteiger charge is 2.52. The largest absolute Gasteiger partial charge is 0.467 e. The van der Waals surface area contributed by atoms with Gasteiger partial charge >= 0.3 is 11.9 Å². The topological polar surface area (TPSA) is 115 Å². The van der Waals surface area contributed by atoms with Crippen molar-refractivity contribution in [1.29, 1.82) is 0 Å². The third kappa shape index (κ3) is 7.68. The van der Waals surface area contributed by atoms with Crippen molar-refractivity contribution in [3.8, 4) is 0 Å². The van der Waals surface area contributed by atoms with Crippen molar-refractivity contribution in [2.24, 2.45) is 11.1 Å². The zero-order chi connectivity index (χ0) is 32.8. The molecule has 0 saturated carbocycles. The van der Waals surface area contributed by atoms with E-state index in [1.54, 1.807) is 25.7 Å². The fourth-order valence-electron chi connectivity index (χ4n) is 5.81. The minimum absolute atomic E-state index is 0.0587. The van der Waals surface area contributed by atoms with E-state index in [9.17, 15) is 19.2 Å². The number of carbonyl (C=O) groups excluding carboxylic acids is 4. The van der Waals surface area contributed by atoms with Crippen molar-refractivity contribution in [2.75, 3.05) is 12.0 Å². The molecule has 0 spiro atoms. The molecule has 0 saturated heterocycles. The molecule has 0 N–H and O–H groups in total. The predicted octanol–water partition coefficient (Wildman–Crippen LogP) is 5.27. The number of amides is 2. The summed E-state index contributed by atoms with van der Waals surface area (Å²) in [5, 5.41) is 6.50. The third-order valence-electron chi connectivity index (χ3n) is 7.70. The van der Waals surface area contributed by atoms with Gasteiger partial charge in [0.05, 0.1) is 31.7 Å². The van der Waals surface area contributed by atoms with Crippen LogP contribution in [-0.4, -0.2) is 65.9 Å². The van der Waals surface area contributed by atoms with Crippen LogP contribution in [0, 0.1) is 5.92 Å². The molecule has 0 bridgehead atoms. The lowest BCUT2D eigenvalue weighted by molar-refractivity contribution is -0.184. The Kier molecular flexibility index (Phi) is 10.3. The zero-order valence-corrected chi connectivity index (χ0v) is 26.6. The summed E-state index contributed by atoms with van der Waals surface area (Å²) in [6.45, 7) is 9.09. The average Bonchev–Trinajstić information content (AvgIpc) is 3.41. The molecule has 1 aliphatic heterocycles. The van der Waals surface area contributed by atoms with Gasteiger partial charge in [0.25, 0.3) is 0 Å². The lowest BCUT2D eigenvalue weighted by atomic mass is 9.88. The van der Waals surface area contributed by atoms with Crippen LogP contribution in [0.25, 0.3) is 10.8 Å². The second kappa shape index (κ2) is 13.9. The molecule has 10 nitrogen and oxygen atoms in total. The highest BCUT2D eigenvalue weighted by atomic mass is 16.7. The van der Waals surface area contributed by atoms with Crippen LogP contribution in [0.4, 0.5) is 5.69 Å². The molecule has 1 aliphatic rings. The van der Waals surface area contributed by atoms with E-state index in [4.69, 9.17) is 14.3 Å². The van der Waals surface area contributed by atoms with Gasteiger partial charge in [-0.2, -0.15) is 0 Å². The van der Waals surface area contributed by atoms with E-state index in [0.717, 1.165) is 22.7 Å². The lowest BCUT2D eigenvalue weighted by Gasteiger charge is -2.40. The lowest BCUT2D eigenvalue weighted by Crippen LogP contribution is -2.58. The van der Waals surface area contributed by atoms with Crippen molar-refractivity contribution in [3.63, 3.8) is 0 Å². The molecule has 1 unspecified atom stereocenters. The van der Waals surface area contributed by atoms with Crippen molar-refractivity contribution in [3.05, 3.63) is 78.4 Å². The molecule has 3 atom stereocenters. The first-order valence-electron chi connectivity index (χ1n) is 15.0.